The fourth-order valence-corrected chi connectivity index (χ4v) is 4.50. The van der Waals surface area contributed by atoms with Gasteiger partial charge in [-0.15, -0.1) is 10.2 Å². The van der Waals surface area contributed by atoms with Crippen LogP contribution in [0.2, 0.25) is 5.02 Å². The van der Waals surface area contributed by atoms with Crippen molar-refractivity contribution in [2.45, 2.75) is 29.0 Å². The average Bonchev–Trinajstić information content (AvgIpc) is 3.29. The Hall–Kier alpha value is -1.68. The molecule has 0 amide bonds. The van der Waals surface area contributed by atoms with E-state index in [1.807, 2.05) is 0 Å². The largest absolute Gasteiger partial charge is 0.376 e. The molecule has 26 heavy (non-hydrogen) atoms. The Morgan fingerprint density at radius 2 is 2.35 bits per heavy atom. The van der Waals surface area contributed by atoms with Crippen LogP contribution in [-0.4, -0.2) is 39.4 Å². The van der Waals surface area contributed by atoms with Crippen LogP contribution in [0.1, 0.15) is 18.7 Å². The van der Waals surface area contributed by atoms with Crippen molar-refractivity contribution < 1.29 is 4.74 Å². The van der Waals surface area contributed by atoms with E-state index in [1.165, 1.54) is 23.1 Å². The lowest BCUT2D eigenvalue weighted by Gasteiger charge is -2.08. The summed E-state index contributed by atoms with van der Waals surface area (Å²) in [5.74, 6) is 1.08. The molecule has 0 aliphatic carbocycles. The summed E-state index contributed by atoms with van der Waals surface area (Å²) >= 11 is 8.95. The minimum atomic E-state index is -0.168. The molecular weight excluding hydrogens is 394 g/mol. The first-order valence-electron chi connectivity index (χ1n) is 8.17. The molecule has 1 unspecified atom stereocenters. The van der Waals surface area contributed by atoms with Gasteiger partial charge < -0.3 is 15.0 Å². The summed E-state index contributed by atoms with van der Waals surface area (Å²) in [5.41, 5.74) is 0.423. The lowest BCUT2D eigenvalue weighted by Crippen LogP contribution is -2.18. The molecule has 0 radical (unpaired) electrons. The van der Waals surface area contributed by atoms with E-state index in [2.05, 4.69) is 25.5 Å². The van der Waals surface area contributed by atoms with Gasteiger partial charge in [0.2, 0.25) is 5.13 Å². The smallest absolute Gasteiger partial charge is 0.258 e. The molecule has 136 valence electrons. The molecule has 1 aliphatic heterocycles. The number of halogens is 1. The highest BCUT2D eigenvalue weighted by molar-refractivity contribution is 8.00. The number of H-pyrrole nitrogens is 1. The zero-order chi connectivity index (χ0) is 17.9. The fourth-order valence-electron chi connectivity index (χ4n) is 2.71. The molecule has 1 atom stereocenters. The number of rotatable bonds is 6. The van der Waals surface area contributed by atoms with Crippen molar-refractivity contribution in [2.24, 2.45) is 0 Å². The number of thioether (sulfide) groups is 1. The lowest BCUT2D eigenvalue weighted by atomic mass is 10.2. The monoisotopic (exact) mass is 409 g/mol. The van der Waals surface area contributed by atoms with Gasteiger partial charge in [0.05, 0.1) is 22.8 Å². The molecule has 0 bridgehead atoms. The van der Waals surface area contributed by atoms with E-state index < -0.39 is 0 Å². The molecule has 10 heteroatoms. The summed E-state index contributed by atoms with van der Waals surface area (Å²) in [4.78, 5) is 19.4. The molecule has 2 N–H and O–H groups in total. The van der Waals surface area contributed by atoms with Crippen LogP contribution in [0.25, 0.3) is 10.9 Å². The Morgan fingerprint density at radius 3 is 3.19 bits per heavy atom. The lowest BCUT2D eigenvalue weighted by molar-refractivity contribution is 0.120. The predicted molar refractivity (Wildman–Crippen MR) is 104 cm³/mol. The van der Waals surface area contributed by atoms with E-state index in [0.717, 1.165) is 35.5 Å². The third-order valence-corrected chi connectivity index (χ3v) is 6.22. The molecule has 3 heterocycles. The van der Waals surface area contributed by atoms with Gasteiger partial charge in [-0.1, -0.05) is 34.7 Å². The molecule has 1 saturated heterocycles. The minimum absolute atomic E-state index is 0.168. The Morgan fingerprint density at radius 1 is 1.42 bits per heavy atom. The van der Waals surface area contributed by atoms with Gasteiger partial charge in [0, 0.05) is 18.2 Å². The molecule has 7 nitrogen and oxygen atoms in total. The first kappa shape index (κ1) is 17.7. The molecule has 1 fully saturated rings. The summed E-state index contributed by atoms with van der Waals surface area (Å²) in [5, 5.41) is 13.4. The Labute approximate surface area is 162 Å². The number of anilines is 1. The molecular formula is C16H16ClN5O2S2. The van der Waals surface area contributed by atoms with Crippen molar-refractivity contribution >= 4 is 50.7 Å². The van der Waals surface area contributed by atoms with Crippen LogP contribution in [0, 0.1) is 0 Å². The standard InChI is InChI=1S/C16H16ClN5O2S2/c17-9-3-4-11-12(6-9)19-13(20-14(11)23)8-25-16-22-21-15(26-16)18-7-10-2-1-5-24-10/h3-4,6,10H,1-2,5,7-8H2,(H,18,21)(H,19,20,23). The van der Waals surface area contributed by atoms with Crippen LogP contribution < -0.4 is 10.9 Å². The first-order valence-corrected chi connectivity index (χ1v) is 10.4. The number of nitrogens with one attached hydrogen (secondary N) is 2. The number of fused-ring (bicyclic) bond motifs is 1. The van der Waals surface area contributed by atoms with E-state index in [9.17, 15) is 4.79 Å². The van der Waals surface area contributed by atoms with E-state index >= 15 is 0 Å². The highest BCUT2D eigenvalue weighted by Gasteiger charge is 2.16. The topological polar surface area (TPSA) is 92.8 Å². The molecule has 3 aromatic rings. The zero-order valence-electron chi connectivity index (χ0n) is 13.7. The second-order valence-electron chi connectivity index (χ2n) is 5.85. The Bertz CT molecular complexity index is 971. The average molecular weight is 410 g/mol. The highest BCUT2D eigenvalue weighted by Crippen LogP contribution is 2.28. The second-order valence-corrected chi connectivity index (χ2v) is 8.49. The van der Waals surface area contributed by atoms with Gasteiger partial charge in [0.15, 0.2) is 4.34 Å². The summed E-state index contributed by atoms with van der Waals surface area (Å²) in [6.07, 6.45) is 2.46. The molecule has 0 saturated carbocycles. The van der Waals surface area contributed by atoms with Crippen LogP contribution in [-0.2, 0) is 10.5 Å². The van der Waals surface area contributed by atoms with Crippen molar-refractivity contribution in [1.82, 2.24) is 20.2 Å². The van der Waals surface area contributed by atoms with E-state index in [-0.39, 0.29) is 11.7 Å². The van der Waals surface area contributed by atoms with E-state index in [0.29, 0.717) is 27.5 Å². The number of ether oxygens (including phenoxy) is 1. The van der Waals surface area contributed by atoms with Gasteiger partial charge in [0.25, 0.3) is 5.56 Å². The Kier molecular flexibility index (Phi) is 5.39. The summed E-state index contributed by atoms with van der Waals surface area (Å²) in [6.45, 7) is 1.59. The molecule has 2 aromatic heterocycles. The number of aromatic amines is 1. The number of hydrogen-bond donors (Lipinski definition) is 2. The van der Waals surface area contributed by atoms with Gasteiger partial charge in [-0.2, -0.15) is 0 Å². The van der Waals surface area contributed by atoms with Crippen LogP contribution in [0.3, 0.4) is 0 Å². The van der Waals surface area contributed by atoms with Crippen molar-refractivity contribution in [3.63, 3.8) is 0 Å². The molecule has 4 rings (SSSR count). The number of nitrogens with zero attached hydrogens (tertiary/aromatic N) is 3. The van der Waals surface area contributed by atoms with Crippen molar-refractivity contribution in [1.29, 1.82) is 0 Å². The Balaban J connectivity index is 1.39. The maximum atomic E-state index is 12.1. The van der Waals surface area contributed by atoms with Gasteiger partial charge in [0.1, 0.15) is 5.82 Å². The van der Waals surface area contributed by atoms with Crippen LogP contribution in [0.4, 0.5) is 5.13 Å². The van der Waals surface area contributed by atoms with Gasteiger partial charge in [-0.25, -0.2) is 4.98 Å². The van der Waals surface area contributed by atoms with Gasteiger partial charge >= 0.3 is 0 Å². The maximum Gasteiger partial charge on any atom is 0.258 e. The van der Waals surface area contributed by atoms with Crippen LogP contribution in [0.5, 0.6) is 0 Å². The van der Waals surface area contributed by atoms with Crippen molar-refractivity contribution in [3.8, 4) is 0 Å². The number of benzene rings is 1. The third kappa shape index (κ3) is 4.17. The van der Waals surface area contributed by atoms with Crippen LogP contribution >= 0.6 is 34.7 Å². The van der Waals surface area contributed by atoms with Crippen LogP contribution in [0.15, 0.2) is 27.3 Å². The van der Waals surface area contributed by atoms with E-state index in [4.69, 9.17) is 16.3 Å². The van der Waals surface area contributed by atoms with E-state index in [1.54, 1.807) is 18.2 Å². The molecule has 1 aromatic carbocycles. The maximum absolute atomic E-state index is 12.1. The highest BCUT2D eigenvalue weighted by atomic mass is 35.5. The fraction of sp³-hybridized carbons (Fsp3) is 0.375. The number of hydrogen-bond acceptors (Lipinski definition) is 8. The normalized spacial score (nSPS) is 17.0. The number of aromatic nitrogens is 4. The summed E-state index contributed by atoms with van der Waals surface area (Å²) < 4.78 is 6.39. The first-order chi connectivity index (χ1) is 12.7. The second kappa shape index (κ2) is 7.91. The predicted octanol–water partition coefficient (Wildman–Crippen LogP) is 3.31. The van der Waals surface area contributed by atoms with Gasteiger partial charge in [-0.05, 0) is 31.0 Å². The molecule has 1 aliphatic rings. The van der Waals surface area contributed by atoms with Crippen molar-refractivity contribution in [2.75, 3.05) is 18.5 Å². The van der Waals surface area contributed by atoms with Crippen molar-refractivity contribution in [3.05, 3.63) is 39.4 Å². The summed E-state index contributed by atoms with van der Waals surface area (Å²) in [6, 6.07) is 5.05. The zero-order valence-corrected chi connectivity index (χ0v) is 16.1. The third-order valence-electron chi connectivity index (χ3n) is 3.96. The molecule has 0 spiro atoms. The quantitative estimate of drug-likeness (QED) is 0.603. The SMILES string of the molecule is O=c1[nH]c(CSc2nnc(NCC3CCCO3)s2)nc2cc(Cl)ccc12. The van der Waals surface area contributed by atoms with Gasteiger partial charge in [-0.3, -0.25) is 4.79 Å². The minimum Gasteiger partial charge on any atom is -0.376 e. The summed E-state index contributed by atoms with van der Waals surface area (Å²) in [7, 11) is 0.